The average Bonchev–Trinajstić information content (AvgIpc) is 3.12. The Morgan fingerprint density at radius 1 is 1.00 bits per heavy atom. The quantitative estimate of drug-likeness (QED) is 0.512. The minimum absolute atomic E-state index is 0.0750. The molecule has 1 N–H and O–H groups in total. The molecule has 5 nitrogen and oxygen atoms in total. The van der Waals surface area contributed by atoms with Crippen LogP contribution in [0.2, 0.25) is 0 Å². The first-order valence-electron chi connectivity index (χ1n) is 6.99. The van der Waals surface area contributed by atoms with Crippen LogP contribution in [0.5, 0.6) is 0 Å². The second-order valence-corrected chi connectivity index (χ2v) is 6.90. The van der Waals surface area contributed by atoms with Gasteiger partial charge >= 0.3 is 0 Å². The third kappa shape index (κ3) is 4.01. The summed E-state index contributed by atoms with van der Waals surface area (Å²) < 4.78 is 0. The van der Waals surface area contributed by atoms with Gasteiger partial charge in [0.1, 0.15) is 0 Å². The summed E-state index contributed by atoms with van der Waals surface area (Å²) in [6, 6.07) is 17.5. The highest BCUT2D eigenvalue weighted by Gasteiger charge is 2.07. The Balaban J connectivity index is 1.64. The number of nitro groups is 1. The Morgan fingerprint density at radius 2 is 1.62 bits per heavy atom. The molecule has 3 rings (SSSR count). The van der Waals surface area contributed by atoms with Crippen LogP contribution in [-0.4, -0.2) is 10.8 Å². The first-order valence-corrected chi connectivity index (χ1v) is 8.69. The molecule has 0 unspecified atom stereocenters. The van der Waals surface area contributed by atoms with E-state index in [4.69, 9.17) is 0 Å². The third-order valence-corrected chi connectivity index (χ3v) is 5.02. The van der Waals surface area contributed by atoms with Gasteiger partial charge in [-0.3, -0.25) is 14.9 Å². The number of rotatable bonds is 5. The summed E-state index contributed by atoms with van der Waals surface area (Å²) in [5.74, 6) is -0.124. The minimum Gasteiger partial charge on any atom is -0.321 e. The zero-order valence-corrected chi connectivity index (χ0v) is 14.0. The smallest absolute Gasteiger partial charge is 0.269 e. The van der Waals surface area contributed by atoms with Crippen molar-refractivity contribution in [2.75, 3.05) is 5.32 Å². The average molecular weight is 356 g/mol. The molecule has 0 spiro atoms. The minimum atomic E-state index is -0.417. The number of hydrogen-bond donors (Lipinski definition) is 1. The number of nitrogens with one attached hydrogen (secondary N) is 1. The normalized spacial score (nSPS) is 10.3. The molecule has 0 aliphatic carbocycles. The molecule has 1 aromatic heterocycles. The summed E-state index contributed by atoms with van der Waals surface area (Å²) in [6.45, 7) is 0. The van der Waals surface area contributed by atoms with Crippen molar-refractivity contribution in [1.29, 1.82) is 0 Å². The molecule has 1 heterocycles. The van der Waals surface area contributed by atoms with E-state index in [0.29, 0.717) is 4.88 Å². The van der Waals surface area contributed by atoms with E-state index >= 15 is 0 Å². The van der Waals surface area contributed by atoms with Crippen LogP contribution in [0.4, 0.5) is 11.4 Å². The van der Waals surface area contributed by atoms with Crippen LogP contribution in [0.25, 0.3) is 0 Å². The van der Waals surface area contributed by atoms with Crippen molar-refractivity contribution >= 4 is 40.4 Å². The summed E-state index contributed by atoms with van der Waals surface area (Å²) in [6.07, 6.45) is 0. The summed E-state index contributed by atoms with van der Waals surface area (Å²) >= 11 is 2.89. The fourth-order valence-electron chi connectivity index (χ4n) is 1.98. The van der Waals surface area contributed by atoms with E-state index in [2.05, 4.69) is 5.32 Å². The van der Waals surface area contributed by atoms with E-state index in [1.54, 1.807) is 18.2 Å². The van der Waals surface area contributed by atoms with E-state index in [9.17, 15) is 14.9 Å². The van der Waals surface area contributed by atoms with Gasteiger partial charge in [-0.2, -0.15) is 0 Å². The molecular weight excluding hydrogens is 344 g/mol. The van der Waals surface area contributed by atoms with E-state index in [-0.39, 0.29) is 11.6 Å². The standard InChI is InChI=1S/C17H12N2O3S2/c20-17(16-2-1-11-23-16)18-12-3-7-14(8-4-12)24-15-9-5-13(6-10-15)19(21)22/h1-11H,(H,18,20). The first kappa shape index (κ1) is 16.2. The lowest BCUT2D eigenvalue weighted by Crippen LogP contribution is -2.09. The second kappa shape index (κ2) is 7.29. The maximum absolute atomic E-state index is 12.0. The molecule has 0 bridgehead atoms. The molecule has 0 atom stereocenters. The van der Waals surface area contributed by atoms with Crippen molar-refractivity contribution in [2.24, 2.45) is 0 Å². The number of amides is 1. The lowest BCUT2D eigenvalue weighted by atomic mass is 10.3. The van der Waals surface area contributed by atoms with Crippen LogP contribution in [0.3, 0.4) is 0 Å². The van der Waals surface area contributed by atoms with E-state index < -0.39 is 4.92 Å². The van der Waals surface area contributed by atoms with Crippen LogP contribution in [-0.2, 0) is 0 Å². The molecule has 120 valence electrons. The van der Waals surface area contributed by atoms with Crippen molar-refractivity contribution in [2.45, 2.75) is 9.79 Å². The molecular formula is C17H12N2O3S2. The first-order chi connectivity index (χ1) is 11.6. The number of anilines is 1. The summed E-state index contributed by atoms with van der Waals surface area (Å²) in [5.41, 5.74) is 0.799. The molecule has 7 heteroatoms. The van der Waals surface area contributed by atoms with E-state index in [1.807, 2.05) is 35.7 Å². The molecule has 0 saturated heterocycles. The Bertz CT molecular complexity index is 845. The van der Waals surface area contributed by atoms with Crippen LogP contribution < -0.4 is 5.32 Å². The summed E-state index contributed by atoms with van der Waals surface area (Å²) in [4.78, 5) is 24.8. The molecule has 0 fully saturated rings. The van der Waals surface area contributed by atoms with Gasteiger partial charge in [0.15, 0.2) is 0 Å². The van der Waals surface area contributed by atoms with E-state index in [0.717, 1.165) is 15.5 Å². The topological polar surface area (TPSA) is 72.2 Å². The second-order valence-electron chi connectivity index (χ2n) is 4.81. The van der Waals surface area contributed by atoms with Gasteiger partial charge in [-0.15, -0.1) is 11.3 Å². The van der Waals surface area contributed by atoms with Crippen molar-refractivity contribution in [3.8, 4) is 0 Å². The van der Waals surface area contributed by atoms with Gasteiger partial charge in [0, 0.05) is 27.6 Å². The highest BCUT2D eigenvalue weighted by Crippen LogP contribution is 2.29. The highest BCUT2D eigenvalue weighted by molar-refractivity contribution is 7.99. The summed E-state index contributed by atoms with van der Waals surface area (Å²) in [7, 11) is 0. The van der Waals surface area contributed by atoms with Crippen LogP contribution in [0.1, 0.15) is 9.67 Å². The number of carbonyl (C=O) groups is 1. The molecule has 3 aromatic rings. The molecule has 0 radical (unpaired) electrons. The lowest BCUT2D eigenvalue weighted by Gasteiger charge is -2.05. The lowest BCUT2D eigenvalue weighted by molar-refractivity contribution is -0.384. The Kier molecular flexibility index (Phi) is 4.93. The number of nitrogens with zero attached hydrogens (tertiary/aromatic N) is 1. The maximum Gasteiger partial charge on any atom is 0.269 e. The third-order valence-electron chi connectivity index (χ3n) is 3.14. The number of benzene rings is 2. The van der Waals surface area contributed by atoms with Gasteiger partial charge in [0.25, 0.3) is 11.6 Å². The fraction of sp³-hybridized carbons (Fsp3) is 0. The van der Waals surface area contributed by atoms with Crippen molar-refractivity contribution in [3.63, 3.8) is 0 Å². The fourth-order valence-corrected chi connectivity index (χ4v) is 3.41. The van der Waals surface area contributed by atoms with Crippen molar-refractivity contribution < 1.29 is 9.72 Å². The number of nitro benzene ring substituents is 1. The number of carbonyl (C=O) groups excluding carboxylic acids is 1. The zero-order valence-electron chi connectivity index (χ0n) is 12.3. The van der Waals surface area contributed by atoms with Crippen molar-refractivity contribution in [3.05, 3.63) is 81.0 Å². The number of thiophene rings is 1. The summed E-state index contributed by atoms with van der Waals surface area (Å²) in [5, 5.41) is 15.3. The molecule has 2 aromatic carbocycles. The Hall–Kier alpha value is -2.64. The van der Waals surface area contributed by atoms with Gasteiger partial charge < -0.3 is 5.32 Å². The predicted octanol–water partition coefficient (Wildman–Crippen LogP) is 5.06. The molecule has 0 aliphatic rings. The van der Waals surface area contributed by atoms with Crippen LogP contribution in [0, 0.1) is 10.1 Å². The van der Waals surface area contributed by atoms with Gasteiger partial charge in [-0.1, -0.05) is 17.8 Å². The Morgan fingerprint density at radius 3 is 2.17 bits per heavy atom. The predicted molar refractivity (Wildman–Crippen MR) is 95.9 cm³/mol. The van der Waals surface area contributed by atoms with Gasteiger partial charge in [0.05, 0.1) is 9.80 Å². The number of non-ortho nitro benzene ring substituents is 1. The van der Waals surface area contributed by atoms with E-state index in [1.165, 1.54) is 35.2 Å². The SMILES string of the molecule is O=C(Nc1ccc(Sc2ccc([N+](=O)[O-])cc2)cc1)c1cccs1. The van der Waals surface area contributed by atoms with Crippen LogP contribution >= 0.6 is 23.1 Å². The maximum atomic E-state index is 12.0. The highest BCUT2D eigenvalue weighted by atomic mass is 32.2. The molecule has 0 saturated carbocycles. The molecule has 24 heavy (non-hydrogen) atoms. The Labute approximate surface area is 146 Å². The van der Waals surface area contributed by atoms with Gasteiger partial charge in [-0.05, 0) is 47.8 Å². The molecule has 1 amide bonds. The number of hydrogen-bond acceptors (Lipinski definition) is 5. The monoisotopic (exact) mass is 356 g/mol. The zero-order chi connectivity index (χ0) is 16.9. The van der Waals surface area contributed by atoms with Crippen LogP contribution in [0.15, 0.2) is 75.8 Å². The van der Waals surface area contributed by atoms with Gasteiger partial charge in [-0.25, -0.2) is 0 Å². The van der Waals surface area contributed by atoms with Crippen molar-refractivity contribution in [1.82, 2.24) is 0 Å². The molecule has 0 aliphatic heterocycles. The van der Waals surface area contributed by atoms with Gasteiger partial charge in [0.2, 0.25) is 0 Å². The largest absolute Gasteiger partial charge is 0.321 e.